The van der Waals surface area contributed by atoms with Crippen molar-refractivity contribution < 1.29 is 9.90 Å². The lowest BCUT2D eigenvalue weighted by atomic mass is 9.82. The molecule has 2 rings (SSSR count). The number of nitrogens with two attached hydrogens (primary N) is 1. The van der Waals surface area contributed by atoms with Crippen molar-refractivity contribution in [1.29, 1.82) is 0 Å². The van der Waals surface area contributed by atoms with Gasteiger partial charge in [0.2, 0.25) is 0 Å². The predicted octanol–water partition coefficient (Wildman–Crippen LogP) is 1.42. The number of halogens is 1. The number of hydrogen-bond acceptors (Lipinski definition) is 3. The van der Waals surface area contributed by atoms with E-state index >= 15 is 0 Å². The molecule has 4 nitrogen and oxygen atoms in total. The molecule has 0 atom stereocenters. The van der Waals surface area contributed by atoms with E-state index in [1.165, 1.54) is 0 Å². The summed E-state index contributed by atoms with van der Waals surface area (Å²) in [4.78, 5) is 11.9. The molecule has 1 amide bonds. The van der Waals surface area contributed by atoms with Gasteiger partial charge < -0.3 is 16.2 Å². The molecule has 0 saturated heterocycles. The van der Waals surface area contributed by atoms with E-state index in [9.17, 15) is 4.79 Å². The summed E-state index contributed by atoms with van der Waals surface area (Å²) in [5.41, 5.74) is 6.42. The Balaban J connectivity index is 1.95. The van der Waals surface area contributed by atoms with Gasteiger partial charge in [-0.1, -0.05) is 17.7 Å². The summed E-state index contributed by atoms with van der Waals surface area (Å²) in [5, 5.41) is 12.3. The number of aliphatic hydroxyl groups excluding tert-OH is 1. The zero-order valence-corrected chi connectivity index (χ0v) is 10.1. The van der Waals surface area contributed by atoms with Crippen molar-refractivity contribution >= 4 is 23.2 Å². The van der Waals surface area contributed by atoms with E-state index in [2.05, 4.69) is 5.32 Å². The SMILES string of the molecule is Nc1cccc(Cl)c1C(=O)NCC1CC(O)C1. The van der Waals surface area contributed by atoms with Gasteiger partial charge in [-0.25, -0.2) is 0 Å². The van der Waals surface area contributed by atoms with Gasteiger partial charge in [0.15, 0.2) is 0 Å². The van der Waals surface area contributed by atoms with E-state index in [-0.39, 0.29) is 12.0 Å². The first kappa shape index (κ1) is 12.2. The molecule has 0 bridgehead atoms. The van der Waals surface area contributed by atoms with Crippen LogP contribution in [0.5, 0.6) is 0 Å². The summed E-state index contributed by atoms with van der Waals surface area (Å²) in [6, 6.07) is 4.99. The molecule has 1 aliphatic carbocycles. The lowest BCUT2D eigenvalue weighted by Crippen LogP contribution is -2.38. The smallest absolute Gasteiger partial charge is 0.254 e. The van der Waals surface area contributed by atoms with Crippen LogP contribution in [0, 0.1) is 5.92 Å². The Morgan fingerprint density at radius 2 is 2.24 bits per heavy atom. The maximum atomic E-state index is 11.9. The largest absolute Gasteiger partial charge is 0.398 e. The molecule has 1 fully saturated rings. The normalized spacial score (nSPS) is 22.9. The van der Waals surface area contributed by atoms with Crippen LogP contribution in [0.4, 0.5) is 5.69 Å². The number of carbonyl (C=O) groups is 1. The van der Waals surface area contributed by atoms with Gasteiger partial charge in [-0.05, 0) is 30.9 Å². The number of anilines is 1. The molecule has 0 aromatic heterocycles. The Morgan fingerprint density at radius 1 is 1.53 bits per heavy atom. The van der Waals surface area contributed by atoms with Gasteiger partial charge in [-0.15, -0.1) is 0 Å². The maximum absolute atomic E-state index is 11.9. The van der Waals surface area contributed by atoms with Crippen LogP contribution in [0.25, 0.3) is 0 Å². The number of hydrogen-bond donors (Lipinski definition) is 3. The summed E-state index contributed by atoms with van der Waals surface area (Å²) < 4.78 is 0. The second kappa shape index (κ2) is 4.94. The van der Waals surface area contributed by atoms with Crippen LogP contribution < -0.4 is 11.1 Å². The molecule has 17 heavy (non-hydrogen) atoms. The van der Waals surface area contributed by atoms with E-state index in [1.807, 2.05) is 0 Å². The summed E-state index contributed by atoms with van der Waals surface area (Å²) in [5.74, 6) is 0.104. The van der Waals surface area contributed by atoms with Crippen molar-refractivity contribution in [2.75, 3.05) is 12.3 Å². The monoisotopic (exact) mass is 254 g/mol. The van der Waals surface area contributed by atoms with E-state index in [0.29, 0.717) is 28.7 Å². The molecular weight excluding hydrogens is 240 g/mol. The number of nitrogen functional groups attached to an aromatic ring is 1. The lowest BCUT2D eigenvalue weighted by molar-refractivity contribution is 0.0420. The molecule has 1 saturated carbocycles. The topological polar surface area (TPSA) is 75.4 Å². The molecule has 4 N–H and O–H groups in total. The van der Waals surface area contributed by atoms with E-state index < -0.39 is 0 Å². The van der Waals surface area contributed by atoms with Crippen molar-refractivity contribution in [1.82, 2.24) is 5.32 Å². The van der Waals surface area contributed by atoms with E-state index in [4.69, 9.17) is 22.4 Å². The highest BCUT2D eigenvalue weighted by Crippen LogP contribution is 2.27. The zero-order chi connectivity index (χ0) is 12.4. The molecular formula is C12H15ClN2O2. The molecule has 0 radical (unpaired) electrons. The lowest BCUT2D eigenvalue weighted by Gasteiger charge is -2.31. The van der Waals surface area contributed by atoms with Gasteiger partial charge >= 0.3 is 0 Å². The van der Waals surface area contributed by atoms with Gasteiger partial charge in [-0.3, -0.25) is 4.79 Å². The third-order valence-electron chi connectivity index (χ3n) is 3.04. The highest BCUT2D eigenvalue weighted by Gasteiger charge is 2.27. The van der Waals surface area contributed by atoms with Crippen LogP contribution in [-0.2, 0) is 0 Å². The molecule has 0 unspecified atom stereocenters. The van der Waals surface area contributed by atoms with Crippen LogP contribution in [0.1, 0.15) is 23.2 Å². The van der Waals surface area contributed by atoms with Gasteiger partial charge in [0.1, 0.15) is 0 Å². The Hall–Kier alpha value is -1.26. The Morgan fingerprint density at radius 3 is 2.82 bits per heavy atom. The summed E-state index contributed by atoms with van der Waals surface area (Å²) in [6.07, 6.45) is 1.29. The van der Waals surface area contributed by atoms with Crippen LogP contribution in [0.2, 0.25) is 5.02 Å². The highest BCUT2D eigenvalue weighted by molar-refractivity contribution is 6.34. The van der Waals surface area contributed by atoms with Gasteiger partial charge in [0.05, 0.1) is 16.7 Å². The number of rotatable bonds is 3. The fourth-order valence-corrected chi connectivity index (χ4v) is 2.24. The maximum Gasteiger partial charge on any atom is 0.254 e. The van der Waals surface area contributed by atoms with Crippen LogP contribution in [0.15, 0.2) is 18.2 Å². The van der Waals surface area contributed by atoms with Gasteiger partial charge in [0.25, 0.3) is 5.91 Å². The minimum Gasteiger partial charge on any atom is -0.398 e. The molecule has 1 aliphatic rings. The molecule has 0 spiro atoms. The Labute approximate surface area is 105 Å². The number of benzene rings is 1. The molecule has 1 aromatic carbocycles. The number of amides is 1. The fraction of sp³-hybridized carbons (Fsp3) is 0.417. The van der Waals surface area contributed by atoms with Crippen LogP contribution in [-0.4, -0.2) is 23.7 Å². The molecule has 0 aliphatic heterocycles. The molecule has 0 heterocycles. The average Bonchev–Trinajstić information content (AvgIpc) is 2.22. The van der Waals surface area contributed by atoms with Crippen molar-refractivity contribution in [2.45, 2.75) is 18.9 Å². The number of nitrogens with one attached hydrogen (secondary N) is 1. The first-order valence-corrected chi connectivity index (χ1v) is 5.96. The van der Waals surface area contributed by atoms with E-state index in [1.54, 1.807) is 18.2 Å². The number of carbonyl (C=O) groups excluding carboxylic acids is 1. The molecule has 92 valence electrons. The minimum atomic E-state index is -0.255. The fourth-order valence-electron chi connectivity index (χ4n) is 1.97. The summed E-state index contributed by atoms with van der Waals surface area (Å²) in [6.45, 7) is 0.556. The summed E-state index contributed by atoms with van der Waals surface area (Å²) >= 11 is 5.93. The molecule has 5 heteroatoms. The first-order chi connectivity index (χ1) is 8.08. The highest BCUT2D eigenvalue weighted by atomic mass is 35.5. The second-order valence-corrected chi connectivity index (χ2v) is 4.81. The standard InChI is InChI=1S/C12H15ClN2O2/c13-9-2-1-3-10(14)11(9)12(17)15-6-7-4-8(16)5-7/h1-3,7-8,16H,4-6,14H2,(H,15,17). The quantitative estimate of drug-likeness (QED) is 0.714. The Kier molecular flexibility index (Phi) is 3.54. The second-order valence-electron chi connectivity index (χ2n) is 4.41. The van der Waals surface area contributed by atoms with Crippen molar-refractivity contribution in [3.63, 3.8) is 0 Å². The van der Waals surface area contributed by atoms with Gasteiger partial charge in [0, 0.05) is 12.2 Å². The van der Waals surface area contributed by atoms with Crippen molar-refractivity contribution in [3.8, 4) is 0 Å². The van der Waals surface area contributed by atoms with Crippen molar-refractivity contribution in [2.24, 2.45) is 5.92 Å². The van der Waals surface area contributed by atoms with Crippen LogP contribution >= 0.6 is 11.6 Å². The van der Waals surface area contributed by atoms with Crippen molar-refractivity contribution in [3.05, 3.63) is 28.8 Å². The zero-order valence-electron chi connectivity index (χ0n) is 9.32. The van der Waals surface area contributed by atoms with E-state index in [0.717, 1.165) is 12.8 Å². The third-order valence-corrected chi connectivity index (χ3v) is 3.35. The summed E-state index contributed by atoms with van der Waals surface area (Å²) in [7, 11) is 0. The average molecular weight is 255 g/mol. The third kappa shape index (κ3) is 2.70. The minimum absolute atomic E-state index is 0.206. The predicted molar refractivity (Wildman–Crippen MR) is 66.9 cm³/mol. The Bertz CT molecular complexity index is 410. The first-order valence-electron chi connectivity index (χ1n) is 5.58. The van der Waals surface area contributed by atoms with Gasteiger partial charge in [-0.2, -0.15) is 0 Å². The number of aliphatic hydroxyl groups is 1. The molecule has 1 aromatic rings. The van der Waals surface area contributed by atoms with Crippen LogP contribution in [0.3, 0.4) is 0 Å².